The Morgan fingerprint density at radius 3 is 2.19 bits per heavy atom. The van der Waals surface area contributed by atoms with Crippen molar-refractivity contribution in [1.82, 2.24) is 9.38 Å². The van der Waals surface area contributed by atoms with Crippen LogP contribution in [0.5, 0.6) is 5.75 Å². The molecule has 0 radical (unpaired) electrons. The van der Waals surface area contributed by atoms with E-state index >= 15 is 0 Å². The Hall–Kier alpha value is -4.01. The minimum absolute atomic E-state index is 0.323. The average Bonchev–Trinajstić information content (AvgIpc) is 3.12. The molecule has 6 nitrogen and oxygen atoms in total. The van der Waals surface area contributed by atoms with Gasteiger partial charge in [-0.05, 0) is 61.0 Å². The number of hydrogen-bond acceptors (Lipinski definition) is 3. The standard InChI is InChI=1S/C22H17F3N4O2/c1-14-10-11-29-13-19(28-20(29)12-14)15-2-4-16(5-3-15)26-21(30)27-17-6-8-18(9-7-17)31-22(23,24)25/h2-13H,1H3,(H2,26,27,30). The van der Waals surface area contributed by atoms with Crippen molar-refractivity contribution in [2.45, 2.75) is 13.3 Å². The normalized spacial score (nSPS) is 11.4. The summed E-state index contributed by atoms with van der Waals surface area (Å²) >= 11 is 0. The molecule has 31 heavy (non-hydrogen) atoms. The molecule has 0 atom stereocenters. The van der Waals surface area contributed by atoms with Crippen LogP contribution in [0.3, 0.4) is 0 Å². The molecule has 0 saturated carbocycles. The fourth-order valence-electron chi connectivity index (χ4n) is 2.98. The Labute approximate surface area is 175 Å². The smallest absolute Gasteiger partial charge is 0.406 e. The summed E-state index contributed by atoms with van der Waals surface area (Å²) in [6.45, 7) is 2.00. The van der Waals surface area contributed by atoms with Gasteiger partial charge in [0, 0.05) is 29.3 Å². The van der Waals surface area contributed by atoms with Gasteiger partial charge in [0.05, 0.1) is 5.69 Å². The van der Waals surface area contributed by atoms with Crippen LogP contribution in [-0.4, -0.2) is 21.8 Å². The molecule has 0 fully saturated rings. The highest BCUT2D eigenvalue weighted by Gasteiger charge is 2.30. The Bertz CT molecular complexity index is 1220. The van der Waals surface area contributed by atoms with E-state index in [0.29, 0.717) is 11.4 Å². The molecule has 4 aromatic rings. The van der Waals surface area contributed by atoms with E-state index in [4.69, 9.17) is 0 Å². The number of carbonyl (C=O) groups is 1. The number of nitrogens with zero attached hydrogens (tertiary/aromatic N) is 2. The molecule has 2 amide bonds. The van der Waals surface area contributed by atoms with Crippen LogP contribution >= 0.6 is 0 Å². The van der Waals surface area contributed by atoms with Crippen molar-refractivity contribution in [3.8, 4) is 17.0 Å². The van der Waals surface area contributed by atoms with E-state index in [1.807, 2.05) is 48.0 Å². The van der Waals surface area contributed by atoms with Gasteiger partial charge in [-0.2, -0.15) is 0 Å². The van der Waals surface area contributed by atoms with E-state index in [-0.39, 0.29) is 5.75 Å². The predicted octanol–water partition coefficient (Wildman–Crippen LogP) is 5.85. The lowest BCUT2D eigenvalue weighted by Crippen LogP contribution is -2.19. The SMILES string of the molecule is Cc1ccn2cc(-c3ccc(NC(=O)Nc4ccc(OC(F)(F)F)cc4)cc3)nc2c1. The van der Waals surface area contributed by atoms with Crippen molar-refractivity contribution < 1.29 is 22.7 Å². The number of benzene rings is 2. The van der Waals surface area contributed by atoms with Crippen molar-refractivity contribution in [3.05, 3.63) is 78.6 Å². The number of imidazole rings is 1. The summed E-state index contributed by atoms with van der Waals surface area (Å²) in [7, 11) is 0. The van der Waals surface area contributed by atoms with Crippen LogP contribution in [-0.2, 0) is 0 Å². The monoisotopic (exact) mass is 426 g/mol. The van der Waals surface area contributed by atoms with E-state index in [0.717, 1.165) is 34.6 Å². The van der Waals surface area contributed by atoms with Crippen LogP contribution in [0, 0.1) is 6.92 Å². The summed E-state index contributed by atoms with van der Waals surface area (Å²) in [5, 5.41) is 5.22. The van der Waals surface area contributed by atoms with Crippen LogP contribution in [0.25, 0.3) is 16.9 Å². The second-order valence-corrected chi connectivity index (χ2v) is 6.82. The van der Waals surface area contributed by atoms with Gasteiger partial charge in [-0.1, -0.05) is 12.1 Å². The predicted molar refractivity (Wildman–Crippen MR) is 111 cm³/mol. The molecule has 2 N–H and O–H groups in total. The first-order valence-corrected chi connectivity index (χ1v) is 9.25. The molecule has 0 aliphatic heterocycles. The second kappa shape index (κ2) is 8.02. The van der Waals surface area contributed by atoms with Gasteiger partial charge in [0.1, 0.15) is 11.4 Å². The Kier molecular flexibility index (Phi) is 5.24. The molecule has 0 aliphatic rings. The molecule has 0 bridgehead atoms. The molecule has 9 heteroatoms. The number of hydrogen-bond donors (Lipinski definition) is 2. The molecule has 2 heterocycles. The third-order valence-electron chi connectivity index (χ3n) is 4.40. The molecular weight excluding hydrogens is 409 g/mol. The molecule has 0 saturated heterocycles. The van der Waals surface area contributed by atoms with Crippen molar-refractivity contribution >= 4 is 23.1 Å². The third-order valence-corrected chi connectivity index (χ3v) is 4.40. The number of alkyl halides is 3. The van der Waals surface area contributed by atoms with E-state index in [2.05, 4.69) is 20.4 Å². The maximum Gasteiger partial charge on any atom is 0.573 e. The Morgan fingerprint density at radius 1 is 0.968 bits per heavy atom. The minimum Gasteiger partial charge on any atom is -0.406 e. The summed E-state index contributed by atoms with van der Waals surface area (Å²) in [5.74, 6) is -0.365. The number of pyridine rings is 1. The number of amides is 2. The molecular formula is C22H17F3N4O2. The van der Waals surface area contributed by atoms with E-state index < -0.39 is 12.4 Å². The lowest BCUT2D eigenvalue weighted by Gasteiger charge is -2.10. The highest BCUT2D eigenvalue weighted by molar-refractivity contribution is 5.99. The van der Waals surface area contributed by atoms with E-state index in [1.54, 1.807) is 12.1 Å². The molecule has 0 unspecified atom stereocenters. The number of ether oxygens (including phenoxy) is 1. The number of nitrogens with one attached hydrogen (secondary N) is 2. The van der Waals surface area contributed by atoms with Crippen LogP contribution < -0.4 is 15.4 Å². The van der Waals surface area contributed by atoms with Crippen LogP contribution in [0.2, 0.25) is 0 Å². The summed E-state index contributed by atoms with van der Waals surface area (Å²) in [6.07, 6.45) is -0.889. The van der Waals surface area contributed by atoms with Gasteiger partial charge >= 0.3 is 12.4 Å². The number of urea groups is 1. The van der Waals surface area contributed by atoms with E-state index in [1.165, 1.54) is 12.1 Å². The van der Waals surface area contributed by atoms with Crippen LogP contribution in [0.1, 0.15) is 5.56 Å². The topological polar surface area (TPSA) is 67.7 Å². The molecule has 0 spiro atoms. The Morgan fingerprint density at radius 2 is 1.58 bits per heavy atom. The summed E-state index contributed by atoms with van der Waals surface area (Å²) in [6, 6.07) is 15.5. The molecule has 2 aromatic heterocycles. The van der Waals surface area contributed by atoms with Gasteiger partial charge in [-0.15, -0.1) is 13.2 Å². The summed E-state index contributed by atoms with van der Waals surface area (Å²) in [5.41, 5.74) is 4.55. The Balaban J connectivity index is 1.38. The third kappa shape index (κ3) is 5.13. The number of aromatic nitrogens is 2. The fourth-order valence-corrected chi connectivity index (χ4v) is 2.98. The first kappa shape index (κ1) is 20.3. The van der Waals surface area contributed by atoms with Crippen molar-refractivity contribution in [3.63, 3.8) is 0 Å². The molecule has 4 rings (SSSR count). The highest BCUT2D eigenvalue weighted by Crippen LogP contribution is 2.24. The zero-order chi connectivity index (χ0) is 22.0. The van der Waals surface area contributed by atoms with Crippen molar-refractivity contribution in [2.24, 2.45) is 0 Å². The quantitative estimate of drug-likeness (QED) is 0.430. The summed E-state index contributed by atoms with van der Waals surface area (Å²) in [4.78, 5) is 16.8. The number of anilines is 2. The van der Waals surface area contributed by atoms with Gasteiger partial charge in [-0.25, -0.2) is 9.78 Å². The summed E-state index contributed by atoms with van der Waals surface area (Å²) < 4.78 is 42.3. The van der Waals surface area contributed by atoms with Gasteiger partial charge < -0.3 is 19.8 Å². The van der Waals surface area contributed by atoms with Gasteiger partial charge in [0.15, 0.2) is 0 Å². The number of carbonyl (C=O) groups excluding carboxylic acids is 1. The lowest BCUT2D eigenvalue weighted by molar-refractivity contribution is -0.274. The first-order valence-electron chi connectivity index (χ1n) is 9.25. The van der Waals surface area contributed by atoms with Gasteiger partial charge in [0.2, 0.25) is 0 Å². The second-order valence-electron chi connectivity index (χ2n) is 6.82. The maximum atomic E-state index is 12.2. The largest absolute Gasteiger partial charge is 0.573 e. The van der Waals surface area contributed by atoms with Crippen molar-refractivity contribution in [2.75, 3.05) is 10.6 Å². The van der Waals surface area contributed by atoms with Crippen LogP contribution in [0.15, 0.2) is 73.1 Å². The zero-order valence-electron chi connectivity index (χ0n) is 16.3. The first-order chi connectivity index (χ1) is 14.7. The number of fused-ring (bicyclic) bond motifs is 1. The van der Waals surface area contributed by atoms with Crippen LogP contribution in [0.4, 0.5) is 29.3 Å². The van der Waals surface area contributed by atoms with Gasteiger partial charge in [-0.3, -0.25) is 0 Å². The maximum absolute atomic E-state index is 12.2. The lowest BCUT2D eigenvalue weighted by atomic mass is 10.1. The number of rotatable bonds is 4. The van der Waals surface area contributed by atoms with E-state index in [9.17, 15) is 18.0 Å². The number of aryl methyl sites for hydroxylation is 1. The average molecular weight is 426 g/mol. The minimum atomic E-state index is -4.76. The van der Waals surface area contributed by atoms with Gasteiger partial charge in [0.25, 0.3) is 0 Å². The molecule has 158 valence electrons. The number of halogens is 3. The van der Waals surface area contributed by atoms with Crippen molar-refractivity contribution in [1.29, 1.82) is 0 Å². The molecule has 0 aliphatic carbocycles. The fraction of sp³-hybridized carbons (Fsp3) is 0.0909. The highest BCUT2D eigenvalue weighted by atomic mass is 19.4. The zero-order valence-corrected chi connectivity index (χ0v) is 16.3. The molecule has 2 aromatic carbocycles.